The van der Waals surface area contributed by atoms with E-state index >= 15 is 4.39 Å². The number of fused-ring (bicyclic) bond motifs is 2. The molecule has 2 unspecified atom stereocenters. The normalized spacial score (nSPS) is 18.2. The first-order chi connectivity index (χ1) is 14.4. The molecule has 8 heteroatoms. The van der Waals surface area contributed by atoms with E-state index in [0.29, 0.717) is 41.2 Å². The number of pyridine rings is 2. The van der Waals surface area contributed by atoms with Gasteiger partial charge < -0.3 is 20.5 Å². The maximum Gasteiger partial charge on any atom is 0.341 e. The van der Waals surface area contributed by atoms with Gasteiger partial charge in [0.2, 0.25) is 0 Å². The van der Waals surface area contributed by atoms with Crippen LogP contribution in [0.3, 0.4) is 0 Å². The lowest BCUT2D eigenvalue weighted by atomic mass is 9.97. The van der Waals surface area contributed by atoms with E-state index in [2.05, 4.69) is 0 Å². The summed E-state index contributed by atoms with van der Waals surface area (Å²) in [6.45, 7) is 3.19. The zero-order chi connectivity index (χ0) is 21.2. The number of benzene rings is 1. The number of anilines is 1. The minimum atomic E-state index is -1.39. The molecule has 1 aromatic carbocycles. The summed E-state index contributed by atoms with van der Waals surface area (Å²) < 4.78 is 22.5. The van der Waals surface area contributed by atoms with E-state index in [1.54, 1.807) is 12.1 Å². The van der Waals surface area contributed by atoms with Gasteiger partial charge in [-0.05, 0) is 25.3 Å². The van der Waals surface area contributed by atoms with Gasteiger partial charge in [-0.25, -0.2) is 9.18 Å². The molecule has 154 valence electrons. The van der Waals surface area contributed by atoms with Gasteiger partial charge in [0.25, 0.3) is 5.56 Å². The number of carbonyl (C=O) groups is 1. The molecule has 2 aliphatic rings. The second-order valence-corrected chi connectivity index (χ2v) is 7.90. The molecule has 2 aromatic heterocycles. The van der Waals surface area contributed by atoms with Crippen LogP contribution >= 0.6 is 0 Å². The summed E-state index contributed by atoms with van der Waals surface area (Å²) >= 11 is 0. The van der Waals surface area contributed by atoms with Gasteiger partial charge in [-0.3, -0.25) is 9.20 Å². The third kappa shape index (κ3) is 2.60. The predicted octanol–water partition coefficient (Wildman–Crippen LogP) is 3.08. The average molecular weight is 409 g/mol. The van der Waals surface area contributed by atoms with Crippen LogP contribution in [-0.2, 0) is 0 Å². The highest BCUT2D eigenvalue weighted by molar-refractivity contribution is 6.00. The summed E-state index contributed by atoms with van der Waals surface area (Å²) in [5, 5.41) is 9.42. The average Bonchev–Trinajstić information content (AvgIpc) is 3.20. The van der Waals surface area contributed by atoms with Gasteiger partial charge in [-0.1, -0.05) is 18.2 Å². The fraction of sp³-hybridized carbons (Fsp3) is 0.273. The Bertz CT molecular complexity index is 1270. The molecule has 30 heavy (non-hydrogen) atoms. The molecular formula is C22H20FN3O4. The third-order valence-electron chi connectivity index (χ3n) is 6.03. The molecule has 1 fully saturated rings. The number of hydrogen-bond donors (Lipinski definition) is 2. The van der Waals surface area contributed by atoms with Gasteiger partial charge in [-0.15, -0.1) is 0 Å². The summed E-state index contributed by atoms with van der Waals surface area (Å²) in [4.78, 5) is 26.3. The van der Waals surface area contributed by atoms with Gasteiger partial charge in [-0.2, -0.15) is 0 Å². The van der Waals surface area contributed by atoms with E-state index in [1.165, 1.54) is 6.07 Å². The highest BCUT2D eigenvalue weighted by Crippen LogP contribution is 2.49. The highest BCUT2D eigenvalue weighted by Gasteiger charge is 2.34. The van der Waals surface area contributed by atoms with Crippen molar-refractivity contribution in [2.75, 3.05) is 18.0 Å². The summed E-state index contributed by atoms with van der Waals surface area (Å²) in [6.07, 6.45) is 1.90. The Morgan fingerprint density at radius 2 is 2.10 bits per heavy atom. The lowest BCUT2D eigenvalue weighted by Crippen LogP contribution is -2.31. The van der Waals surface area contributed by atoms with Gasteiger partial charge >= 0.3 is 5.97 Å². The largest absolute Gasteiger partial charge is 0.477 e. The Morgan fingerprint density at radius 3 is 2.80 bits per heavy atom. The van der Waals surface area contributed by atoms with Crippen molar-refractivity contribution in [1.82, 2.24) is 4.40 Å². The van der Waals surface area contributed by atoms with E-state index in [1.807, 2.05) is 24.0 Å². The van der Waals surface area contributed by atoms with Crippen LogP contribution in [0.15, 0.2) is 41.3 Å². The predicted molar refractivity (Wildman–Crippen MR) is 110 cm³/mol. The number of aromatic nitrogens is 1. The van der Waals surface area contributed by atoms with Crippen LogP contribution in [0, 0.1) is 11.7 Å². The van der Waals surface area contributed by atoms with Gasteiger partial charge in [0, 0.05) is 36.3 Å². The zero-order valence-corrected chi connectivity index (χ0v) is 16.3. The van der Waals surface area contributed by atoms with Crippen molar-refractivity contribution in [2.24, 2.45) is 11.7 Å². The summed E-state index contributed by atoms with van der Waals surface area (Å²) in [5.41, 5.74) is 6.74. The van der Waals surface area contributed by atoms with Gasteiger partial charge in [0.1, 0.15) is 16.8 Å². The van der Waals surface area contributed by atoms with Crippen LogP contribution in [0.4, 0.5) is 10.1 Å². The Labute approximate surface area is 171 Å². The number of nitrogens with two attached hydrogens (primary N) is 1. The number of para-hydroxylation sites is 1. The van der Waals surface area contributed by atoms with Crippen LogP contribution < -0.4 is 20.9 Å². The van der Waals surface area contributed by atoms with E-state index < -0.39 is 22.9 Å². The first-order valence-electron chi connectivity index (χ1n) is 9.79. The molecule has 0 radical (unpaired) electrons. The van der Waals surface area contributed by atoms with Crippen molar-refractivity contribution in [2.45, 2.75) is 19.4 Å². The van der Waals surface area contributed by atoms with Crippen molar-refractivity contribution in [1.29, 1.82) is 0 Å². The van der Waals surface area contributed by atoms with E-state index in [9.17, 15) is 14.7 Å². The van der Waals surface area contributed by atoms with Crippen molar-refractivity contribution in [3.05, 3.63) is 58.3 Å². The molecular weight excluding hydrogens is 389 g/mol. The summed E-state index contributed by atoms with van der Waals surface area (Å²) in [5.74, 6) is -1.05. The maximum atomic E-state index is 15.5. The van der Waals surface area contributed by atoms with E-state index in [4.69, 9.17) is 10.5 Å². The monoisotopic (exact) mass is 409 g/mol. The number of halogens is 1. The molecule has 2 atom stereocenters. The van der Waals surface area contributed by atoms with E-state index in [-0.39, 0.29) is 17.7 Å². The fourth-order valence-corrected chi connectivity index (χ4v) is 4.48. The lowest BCUT2D eigenvalue weighted by molar-refractivity contribution is 0.0694. The van der Waals surface area contributed by atoms with E-state index in [0.717, 1.165) is 17.0 Å². The van der Waals surface area contributed by atoms with Crippen LogP contribution in [0.2, 0.25) is 0 Å². The SMILES string of the molecule is CC(N)C1CCN(c2c(F)cn3c(=O)c(C(=O)O)cc4c3c2-c2ccccc2O4)C1. The molecule has 0 bridgehead atoms. The molecule has 0 spiro atoms. The Hall–Kier alpha value is -3.39. The molecule has 3 N–H and O–H groups in total. The van der Waals surface area contributed by atoms with Crippen LogP contribution in [-0.4, -0.2) is 34.6 Å². The highest BCUT2D eigenvalue weighted by atomic mass is 19.1. The maximum absolute atomic E-state index is 15.5. The number of carboxylic acid groups (broad SMARTS) is 1. The number of rotatable bonds is 3. The summed E-state index contributed by atoms with van der Waals surface area (Å²) in [7, 11) is 0. The van der Waals surface area contributed by atoms with Crippen molar-refractivity contribution in [3.8, 4) is 22.6 Å². The molecule has 1 saturated heterocycles. The molecule has 2 aliphatic heterocycles. The molecule has 4 heterocycles. The third-order valence-corrected chi connectivity index (χ3v) is 6.03. The Balaban J connectivity index is 1.86. The first-order valence-corrected chi connectivity index (χ1v) is 9.79. The number of nitrogens with zero attached hydrogens (tertiary/aromatic N) is 2. The second-order valence-electron chi connectivity index (χ2n) is 7.90. The van der Waals surface area contributed by atoms with Crippen molar-refractivity contribution >= 4 is 17.2 Å². The molecule has 0 saturated carbocycles. The number of aromatic carboxylic acids is 1. The first kappa shape index (κ1) is 18.6. The second kappa shape index (κ2) is 6.56. The van der Waals surface area contributed by atoms with Gasteiger partial charge in [0.15, 0.2) is 11.6 Å². The fourth-order valence-electron chi connectivity index (χ4n) is 4.48. The Kier molecular flexibility index (Phi) is 4.08. The minimum absolute atomic E-state index is 0.0122. The van der Waals surface area contributed by atoms with Crippen molar-refractivity contribution in [3.63, 3.8) is 0 Å². The van der Waals surface area contributed by atoms with Crippen molar-refractivity contribution < 1.29 is 19.0 Å². The smallest absolute Gasteiger partial charge is 0.341 e. The van der Waals surface area contributed by atoms with Crippen LogP contribution in [0.25, 0.3) is 16.6 Å². The lowest BCUT2D eigenvalue weighted by Gasteiger charge is -2.29. The molecule has 3 aromatic rings. The number of carboxylic acids is 1. The standard InChI is InChI=1S/C22H20FN3O4/c1-11(24)12-6-7-25(9-12)19-15(23)10-26-20-17(8-14(21(26)27)22(28)29)30-16-5-3-2-4-13(16)18(19)20/h2-5,8,10-12H,6-7,9,24H2,1H3,(H,28,29). The molecule has 0 amide bonds. The molecule has 0 aliphatic carbocycles. The Morgan fingerprint density at radius 1 is 1.33 bits per heavy atom. The minimum Gasteiger partial charge on any atom is -0.477 e. The van der Waals surface area contributed by atoms with Crippen LogP contribution in [0.1, 0.15) is 23.7 Å². The topological polar surface area (TPSA) is 97.3 Å². The number of hydrogen-bond acceptors (Lipinski definition) is 5. The quantitative estimate of drug-likeness (QED) is 0.540. The van der Waals surface area contributed by atoms with Crippen LogP contribution in [0.5, 0.6) is 11.5 Å². The summed E-state index contributed by atoms with van der Waals surface area (Å²) in [6, 6.07) is 8.36. The molecule has 5 rings (SSSR count). The zero-order valence-electron chi connectivity index (χ0n) is 16.3. The number of ether oxygens (including phenoxy) is 1. The molecule has 7 nitrogen and oxygen atoms in total. The van der Waals surface area contributed by atoms with Gasteiger partial charge in [0.05, 0.1) is 11.9 Å².